The maximum Gasteiger partial charge on any atom is 0.141 e. The molecule has 3 rings (SSSR count). The number of aryl methyl sites for hydroxylation is 1. The minimum absolute atomic E-state index is 0.232. The number of nitrogens with one attached hydrogen (secondary N) is 1. The first-order chi connectivity index (χ1) is 8.74. The number of aromatic hydroxyl groups is 1. The van der Waals surface area contributed by atoms with Crippen molar-refractivity contribution < 1.29 is 5.11 Å². The predicted molar refractivity (Wildman–Crippen MR) is 69.5 cm³/mol. The summed E-state index contributed by atoms with van der Waals surface area (Å²) >= 11 is 0. The Morgan fingerprint density at radius 1 is 1.22 bits per heavy atom. The van der Waals surface area contributed by atoms with Crippen LogP contribution in [-0.4, -0.2) is 20.1 Å². The van der Waals surface area contributed by atoms with Crippen molar-refractivity contribution in [3.8, 4) is 5.75 Å². The molecular weight excluding hydrogens is 226 g/mol. The van der Waals surface area contributed by atoms with Gasteiger partial charge in [-0.15, -0.1) is 0 Å². The van der Waals surface area contributed by atoms with Gasteiger partial charge in [-0.3, -0.25) is 4.98 Å². The van der Waals surface area contributed by atoms with E-state index in [9.17, 15) is 5.11 Å². The quantitative estimate of drug-likeness (QED) is 0.722. The van der Waals surface area contributed by atoms with Crippen molar-refractivity contribution in [1.29, 1.82) is 0 Å². The molecule has 2 heterocycles. The topological polar surface area (TPSA) is 61.8 Å². The van der Waals surface area contributed by atoms with E-state index < -0.39 is 0 Å². The Balaban J connectivity index is 2.04. The molecule has 0 unspecified atom stereocenters. The van der Waals surface area contributed by atoms with Crippen molar-refractivity contribution in [2.24, 2.45) is 0 Å². The normalized spacial score (nSPS) is 10.9. The van der Waals surface area contributed by atoms with Gasteiger partial charge in [0.05, 0.1) is 5.52 Å². The number of imidazole rings is 1. The summed E-state index contributed by atoms with van der Waals surface area (Å²) in [7, 11) is 0. The van der Waals surface area contributed by atoms with Crippen molar-refractivity contribution in [1.82, 2.24) is 15.0 Å². The monoisotopic (exact) mass is 239 g/mol. The fourth-order valence-electron chi connectivity index (χ4n) is 2.02. The summed E-state index contributed by atoms with van der Waals surface area (Å²) in [6, 6.07) is 9.34. The van der Waals surface area contributed by atoms with E-state index in [1.54, 1.807) is 12.3 Å². The average molecular weight is 239 g/mol. The molecule has 0 spiro atoms. The molecule has 2 N–H and O–H groups in total. The molecule has 0 saturated carbocycles. The number of aromatic amines is 1. The van der Waals surface area contributed by atoms with E-state index >= 15 is 0 Å². The number of aromatic nitrogens is 3. The minimum Gasteiger partial charge on any atom is -0.506 e. The Labute approximate surface area is 104 Å². The zero-order valence-electron chi connectivity index (χ0n) is 10.0. The van der Waals surface area contributed by atoms with E-state index in [-0.39, 0.29) is 5.75 Å². The number of hydrogen-bond acceptors (Lipinski definition) is 3. The summed E-state index contributed by atoms with van der Waals surface area (Å²) in [5.41, 5.74) is 3.52. The van der Waals surface area contributed by atoms with E-state index in [1.807, 2.05) is 31.2 Å². The van der Waals surface area contributed by atoms with E-state index in [0.29, 0.717) is 11.9 Å². The summed E-state index contributed by atoms with van der Waals surface area (Å²) in [5, 5.41) is 9.79. The van der Waals surface area contributed by atoms with Gasteiger partial charge in [0.15, 0.2) is 0 Å². The summed E-state index contributed by atoms with van der Waals surface area (Å²) in [4.78, 5) is 11.9. The van der Waals surface area contributed by atoms with Crippen LogP contribution in [0.3, 0.4) is 0 Å². The highest BCUT2D eigenvalue weighted by molar-refractivity contribution is 5.84. The molecule has 0 radical (unpaired) electrons. The molecule has 0 saturated heterocycles. The Hall–Kier alpha value is -2.36. The van der Waals surface area contributed by atoms with Crippen molar-refractivity contribution in [3.63, 3.8) is 0 Å². The number of hydrogen-bond donors (Lipinski definition) is 2. The van der Waals surface area contributed by atoms with Gasteiger partial charge in [-0.05, 0) is 30.7 Å². The van der Waals surface area contributed by atoms with Crippen LogP contribution in [0.1, 0.15) is 17.1 Å². The molecule has 18 heavy (non-hydrogen) atoms. The highest BCUT2D eigenvalue weighted by Gasteiger charge is 2.09. The first-order valence-electron chi connectivity index (χ1n) is 5.81. The molecule has 3 aromatic rings. The second kappa shape index (κ2) is 4.14. The number of phenols is 1. The van der Waals surface area contributed by atoms with Crippen LogP contribution in [-0.2, 0) is 6.42 Å². The molecule has 0 atom stereocenters. The molecule has 4 nitrogen and oxygen atoms in total. The van der Waals surface area contributed by atoms with Gasteiger partial charge in [0.1, 0.15) is 17.1 Å². The van der Waals surface area contributed by atoms with Crippen LogP contribution in [0.2, 0.25) is 0 Å². The Bertz CT molecular complexity index is 650. The van der Waals surface area contributed by atoms with Crippen LogP contribution in [0, 0.1) is 6.92 Å². The van der Waals surface area contributed by atoms with E-state index in [0.717, 1.165) is 22.6 Å². The van der Waals surface area contributed by atoms with E-state index in [1.165, 1.54) is 0 Å². The first kappa shape index (κ1) is 10.8. The zero-order valence-corrected chi connectivity index (χ0v) is 10.0. The van der Waals surface area contributed by atoms with Gasteiger partial charge in [-0.1, -0.05) is 12.1 Å². The summed E-state index contributed by atoms with van der Waals surface area (Å²) in [5.74, 6) is 1.05. The maximum atomic E-state index is 9.79. The number of benzene rings is 1. The number of H-pyrrole nitrogens is 1. The van der Waals surface area contributed by atoms with Gasteiger partial charge in [-0.2, -0.15) is 0 Å². The van der Waals surface area contributed by atoms with Crippen molar-refractivity contribution in [3.05, 3.63) is 53.6 Å². The molecule has 0 aliphatic rings. The van der Waals surface area contributed by atoms with Crippen LogP contribution in [0.25, 0.3) is 11.0 Å². The smallest absolute Gasteiger partial charge is 0.141 e. The maximum absolute atomic E-state index is 9.79. The Kier molecular flexibility index (Phi) is 2.48. The molecule has 2 aromatic heterocycles. The molecular formula is C14H13N3O. The lowest BCUT2D eigenvalue weighted by Gasteiger charge is -1.95. The largest absolute Gasteiger partial charge is 0.506 e. The Morgan fingerprint density at radius 3 is 2.83 bits per heavy atom. The fraction of sp³-hybridized carbons (Fsp3) is 0.143. The lowest BCUT2D eigenvalue weighted by molar-refractivity contribution is 0.480. The SMILES string of the molecule is Cc1ccc(O)c2[nH]c(Cc3ccccn3)nc12. The molecule has 4 heteroatoms. The van der Waals surface area contributed by atoms with E-state index in [2.05, 4.69) is 15.0 Å². The van der Waals surface area contributed by atoms with Crippen LogP contribution in [0.5, 0.6) is 5.75 Å². The van der Waals surface area contributed by atoms with Gasteiger partial charge >= 0.3 is 0 Å². The van der Waals surface area contributed by atoms with Gasteiger partial charge < -0.3 is 10.1 Å². The highest BCUT2D eigenvalue weighted by Crippen LogP contribution is 2.25. The molecule has 0 aliphatic carbocycles. The molecule has 0 fully saturated rings. The number of phenolic OH excluding ortho intramolecular Hbond substituents is 1. The fourth-order valence-corrected chi connectivity index (χ4v) is 2.02. The molecule has 0 amide bonds. The highest BCUT2D eigenvalue weighted by atomic mass is 16.3. The third kappa shape index (κ3) is 1.82. The van der Waals surface area contributed by atoms with Gasteiger partial charge in [-0.25, -0.2) is 4.98 Å². The molecule has 90 valence electrons. The van der Waals surface area contributed by atoms with Gasteiger partial charge in [0.2, 0.25) is 0 Å². The summed E-state index contributed by atoms with van der Waals surface area (Å²) in [6.07, 6.45) is 2.40. The number of nitrogens with zero attached hydrogens (tertiary/aromatic N) is 2. The van der Waals surface area contributed by atoms with Gasteiger partial charge in [0.25, 0.3) is 0 Å². The van der Waals surface area contributed by atoms with E-state index in [4.69, 9.17) is 0 Å². The molecule has 0 bridgehead atoms. The second-order valence-electron chi connectivity index (χ2n) is 4.31. The minimum atomic E-state index is 0.232. The summed E-state index contributed by atoms with van der Waals surface area (Å²) in [6.45, 7) is 1.98. The number of fused-ring (bicyclic) bond motifs is 1. The van der Waals surface area contributed by atoms with Crippen molar-refractivity contribution in [2.75, 3.05) is 0 Å². The zero-order chi connectivity index (χ0) is 12.5. The third-order valence-electron chi connectivity index (χ3n) is 2.95. The third-order valence-corrected chi connectivity index (χ3v) is 2.95. The van der Waals surface area contributed by atoms with Crippen LogP contribution < -0.4 is 0 Å². The summed E-state index contributed by atoms with van der Waals surface area (Å²) < 4.78 is 0. The van der Waals surface area contributed by atoms with Crippen molar-refractivity contribution >= 4 is 11.0 Å². The average Bonchev–Trinajstić information content (AvgIpc) is 2.80. The lowest BCUT2D eigenvalue weighted by atomic mass is 10.2. The second-order valence-corrected chi connectivity index (χ2v) is 4.31. The predicted octanol–water partition coefficient (Wildman–Crippen LogP) is 2.56. The molecule has 1 aromatic carbocycles. The lowest BCUT2D eigenvalue weighted by Crippen LogP contribution is -1.92. The van der Waals surface area contributed by atoms with Crippen molar-refractivity contribution in [2.45, 2.75) is 13.3 Å². The first-order valence-corrected chi connectivity index (χ1v) is 5.81. The van der Waals surface area contributed by atoms with Crippen LogP contribution in [0.4, 0.5) is 0 Å². The standard InChI is InChI=1S/C14H13N3O/c1-9-5-6-11(18)14-13(9)16-12(17-14)8-10-4-2-3-7-15-10/h2-7,18H,8H2,1H3,(H,16,17). The van der Waals surface area contributed by atoms with Crippen LogP contribution >= 0.6 is 0 Å². The number of pyridine rings is 1. The Morgan fingerprint density at radius 2 is 2.11 bits per heavy atom. The van der Waals surface area contributed by atoms with Crippen LogP contribution in [0.15, 0.2) is 36.5 Å². The van der Waals surface area contributed by atoms with Gasteiger partial charge in [0, 0.05) is 18.3 Å². The number of rotatable bonds is 2. The molecule has 0 aliphatic heterocycles.